The second kappa shape index (κ2) is 12.5. The zero-order valence-electron chi connectivity index (χ0n) is 30.0. The normalized spacial score (nSPS) is 11.9. The summed E-state index contributed by atoms with van der Waals surface area (Å²) in [5.41, 5.74) is 8.69. The molecule has 0 bridgehead atoms. The molecule has 5 aromatic heterocycles. The van der Waals surface area contributed by atoms with Crippen LogP contribution in [0.2, 0.25) is 0 Å². The Morgan fingerprint density at radius 2 is 0.982 bits per heavy atom. The third-order valence-corrected chi connectivity index (χ3v) is 11.7. The number of fused-ring (bicyclic) bond motifs is 9. The van der Waals surface area contributed by atoms with Crippen LogP contribution in [0.3, 0.4) is 0 Å². The lowest BCUT2D eigenvalue weighted by Gasteiger charge is -2.09. The number of para-hydroxylation sites is 2. The minimum Gasteiger partial charge on any atom is -0.455 e. The van der Waals surface area contributed by atoms with Crippen LogP contribution in [0.15, 0.2) is 173 Å². The van der Waals surface area contributed by atoms with E-state index in [1.54, 1.807) is 11.3 Å². The molecule has 7 nitrogen and oxygen atoms in total. The topological polar surface area (TPSA) is 90.7 Å². The first-order valence-corrected chi connectivity index (χ1v) is 19.5. The van der Waals surface area contributed by atoms with Gasteiger partial charge in [0.05, 0.1) is 5.56 Å². The Morgan fingerprint density at radius 1 is 0.368 bits per heavy atom. The summed E-state index contributed by atoms with van der Waals surface area (Å²) in [5, 5.41) is 5.23. The van der Waals surface area contributed by atoms with Crippen molar-refractivity contribution in [2.75, 3.05) is 0 Å². The maximum absolute atomic E-state index is 6.77. The van der Waals surface area contributed by atoms with Gasteiger partial charge in [0.1, 0.15) is 28.0 Å². The monoisotopic (exact) mass is 749 g/mol. The van der Waals surface area contributed by atoms with Crippen LogP contribution < -0.4 is 0 Å². The van der Waals surface area contributed by atoms with Crippen LogP contribution in [0.25, 0.3) is 121 Å². The number of furan rings is 2. The summed E-state index contributed by atoms with van der Waals surface area (Å²) in [5.74, 6) is 2.28. The maximum Gasteiger partial charge on any atom is 0.180 e. The van der Waals surface area contributed by atoms with Crippen molar-refractivity contribution < 1.29 is 8.83 Å². The van der Waals surface area contributed by atoms with Crippen molar-refractivity contribution in [2.45, 2.75) is 0 Å². The fourth-order valence-corrected chi connectivity index (χ4v) is 9.07. The van der Waals surface area contributed by atoms with Crippen LogP contribution in [0, 0.1) is 0 Å². The van der Waals surface area contributed by atoms with E-state index in [0.29, 0.717) is 40.0 Å². The summed E-state index contributed by atoms with van der Waals surface area (Å²) >= 11 is 1.77. The molecule has 0 spiro atoms. The van der Waals surface area contributed by atoms with Crippen molar-refractivity contribution in [3.8, 4) is 56.8 Å². The van der Waals surface area contributed by atoms with Gasteiger partial charge in [0.25, 0.3) is 0 Å². The summed E-state index contributed by atoms with van der Waals surface area (Å²) in [6.45, 7) is 0. The van der Waals surface area contributed by atoms with Gasteiger partial charge in [0.15, 0.2) is 28.9 Å². The standard InChI is InChI=1S/C49H27N5O2S/c1-3-13-28(14-4-1)42-45-43(33-18-7-9-22-37(33)55-45)51-48(50-42)35-20-12-23-38-41(35)34-19-11-21-36(44(34)56-38)49-53-46(29-15-5-2-6-16-29)52-47(54-49)30-25-26-32-31-17-8-10-24-39(31)57-40(32)27-30/h1-27H. The third kappa shape index (κ3) is 5.08. The first-order chi connectivity index (χ1) is 28.2. The van der Waals surface area contributed by atoms with Crippen LogP contribution in [0.1, 0.15) is 0 Å². The molecule has 266 valence electrons. The van der Waals surface area contributed by atoms with Gasteiger partial charge in [-0.25, -0.2) is 24.9 Å². The van der Waals surface area contributed by atoms with Gasteiger partial charge in [-0.2, -0.15) is 0 Å². The minimum absolute atomic E-state index is 0.524. The van der Waals surface area contributed by atoms with Crippen LogP contribution in [-0.2, 0) is 0 Å². The Kier molecular flexibility index (Phi) is 6.96. The van der Waals surface area contributed by atoms with Crippen molar-refractivity contribution in [3.05, 3.63) is 164 Å². The third-order valence-electron chi connectivity index (χ3n) is 10.6. The molecule has 0 saturated carbocycles. The quantitative estimate of drug-likeness (QED) is 0.173. The highest BCUT2D eigenvalue weighted by molar-refractivity contribution is 7.25. The lowest BCUT2D eigenvalue weighted by Crippen LogP contribution is -2.00. The molecule has 7 aromatic carbocycles. The van der Waals surface area contributed by atoms with Gasteiger partial charge in [0, 0.05) is 58.6 Å². The summed E-state index contributed by atoms with van der Waals surface area (Å²) in [7, 11) is 0. The van der Waals surface area contributed by atoms with Crippen LogP contribution in [0.5, 0.6) is 0 Å². The molecule has 0 aliphatic rings. The molecule has 57 heavy (non-hydrogen) atoms. The lowest BCUT2D eigenvalue weighted by atomic mass is 10.0. The van der Waals surface area contributed by atoms with Crippen LogP contribution in [-0.4, -0.2) is 24.9 Å². The molecule has 0 saturated heterocycles. The van der Waals surface area contributed by atoms with E-state index in [0.717, 1.165) is 60.8 Å². The molecule has 12 aromatic rings. The van der Waals surface area contributed by atoms with Crippen molar-refractivity contribution in [3.63, 3.8) is 0 Å². The number of benzene rings is 7. The summed E-state index contributed by atoms with van der Waals surface area (Å²) in [4.78, 5) is 25.7. The van der Waals surface area contributed by atoms with E-state index in [9.17, 15) is 0 Å². The Balaban J connectivity index is 1.07. The number of nitrogens with zero attached hydrogens (tertiary/aromatic N) is 5. The fraction of sp³-hybridized carbons (Fsp3) is 0. The molecule has 0 radical (unpaired) electrons. The molecule has 0 N–H and O–H groups in total. The fourth-order valence-electron chi connectivity index (χ4n) is 7.92. The van der Waals surface area contributed by atoms with Crippen molar-refractivity contribution in [1.82, 2.24) is 24.9 Å². The van der Waals surface area contributed by atoms with Gasteiger partial charge in [-0.15, -0.1) is 11.3 Å². The van der Waals surface area contributed by atoms with Gasteiger partial charge in [-0.05, 0) is 36.4 Å². The zero-order chi connectivity index (χ0) is 37.5. The Bertz CT molecular complexity index is 3540. The molecule has 0 atom stereocenters. The first kappa shape index (κ1) is 31.8. The molecule has 12 rings (SSSR count). The average Bonchev–Trinajstić information content (AvgIpc) is 3.97. The number of aromatic nitrogens is 5. The van der Waals surface area contributed by atoms with E-state index >= 15 is 0 Å². The second-order valence-corrected chi connectivity index (χ2v) is 15.1. The zero-order valence-corrected chi connectivity index (χ0v) is 30.9. The summed E-state index contributed by atoms with van der Waals surface area (Å²) < 4.78 is 15.6. The molecule has 0 unspecified atom stereocenters. The average molecular weight is 750 g/mol. The summed E-state index contributed by atoms with van der Waals surface area (Å²) in [6, 6.07) is 55.3. The molecule has 5 heterocycles. The van der Waals surface area contributed by atoms with Gasteiger partial charge in [-0.1, -0.05) is 127 Å². The van der Waals surface area contributed by atoms with Gasteiger partial charge in [0.2, 0.25) is 0 Å². The maximum atomic E-state index is 6.77. The van der Waals surface area contributed by atoms with E-state index in [1.165, 1.54) is 20.2 Å². The van der Waals surface area contributed by atoms with Crippen molar-refractivity contribution in [2.24, 2.45) is 0 Å². The number of hydrogen-bond acceptors (Lipinski definition) is 8. The highest BCUT2D eigenvalue weighted by Crippen LogP contribution is 2.42. The van der Waals surface area contributed by atoms with Gasteiger partial charge >= 0.3 is 0 Å². The number of thiophene rings is 1. The number of hydrogen-bond donors (Lipinski definition) is 0. The second-order valence-electron chi connectivity index (χ2n) is 14.0. The predicted molar refractivity (Wildman–Crippen MR) is 230 cm³/mol. The molecule has 0 aliphatic heterocycles. The Morgan fingerprint density at radius 3 is 1.84 bits per heavy atom. The molecular weight excluding hydrogens is 723 g/mol. The predicted octanol–water partition coefficient (Wildman–Crippen LogP) is 13.2. The molecule has 8 heteroatoms. The molecule has 0 amide bonds. The van der Waals surface area contributed by atoms with Gasteiger partial charge in [-0.3, -0.25) is 0 Å². The summed E-state index contributed by atoms with van der Waals surface area (Å²) in [6.07, 6.45) is 0. The van der Waals surface area contributed by atoms with Crippen molar-refractivity contribution >= 4 is 75.5 Å². The van der Waals surface area contributed by atoms with E-state index < -0.39 is 0 Å². The van der Waals surface area contributed by atoms with E-state index in [1.807, 2.05) is 109 Å². The van der Waals surface area contributed by atoms with E-state index in [-0.39, 0.29) is 0 Å². The first-order valence-electron chi connectivity index (χ1n) is 18.7. The molecule has 0 aliphatic carbocycles. The Hall–Kier alpha value is -7.55. The van der Waals surface area contributed by atoms with Gasteiger partial charge < -0.3 is 8.83 Å². The van der Waals surface area contributed by atoms with E-state index in [2.05, 4.69) is 54.6 Å². The molecule has 0 fully saturated rings. The largest absolute Gasteiger partial charge is 0.455 e. The minimum atomic E-state index is 0.524. The van der Waals surface area contributed by atoms with E-state index in [4.69, 9.17) is 33.8 Å². The number of rotatable bonds is 5. The van der Waals surface area contributed by atoms with Crippen molar-refractivity contribution in [1.29, 1.82) is 0 Å². The highest BCUT2D eigenvalue weighted by Gasteiger charge is 2.23. The highest BCUT2D eigenvalue weighted by atomic mass is 32.1. The Labute approximate surface area is 328 Å². The smallest absolute Gasteiger partial charge is 0.180 e. The van der Waals surface area contributed by atoms with Crippen LogP contribution in [0.4, 0.5) is 0 Å². The molecular formula is C49H27N5O2S. The SMILES string of the molecule is c1ccc(-c2nc(-c3ccc4c(c3)sc3ccccc34)nc(-c3cccc4c3oc3cccc(-c5nc(-c6ccccc6)c6oc7ccccc7c6n5)c34)n2)cc1. The van der Waals surface area contributed by atoms with Crippen LogP contribution >= 0.6 is 11.3 Å². The lowest BCUT2D eigenvalue weighted by molar-refractivity contribution is 0.667.